The van der Waals surface area contributed by atoms with Crippen molar-refractivity contribution in [1.82, 2.24) is 9.80 Å². The van der Waals surface area contributed by atoms with Gasteiger partial charge in [0.2, 0.25) is 0 Å². The molecular formula is C26H36N2O2. The maximum Gasteiger partial charge on any atom is 0.138 e. The first-order valence-electron chi connectivity index (χ1n) is 12.1. The number of methoxy groups -OCH3 is 1. The Morgan fingerprint density at radius 3 is 2.67 bits per heavy atom. The minimum atomic E-state index is -0.124. The number of hydrogen-bond donors (Lipinski definition) is 0. The van der Waals surface area contributed by atoms with E-state index in [0.717, 1.165) is 24.1 Å². The van der Waals surface area contributed by atoms with Crippen LogP contribution in [-0.4, -0.2) is 54.9 Å². The molecule has 3 heterocycles. The van der Waals surface area contributed by atoms with E-state index in [2.05, 4.69) is 54.1 Å². The number of fused-ring (bicyclic) bond motifs is 3. The first kappa shape index (κ1) is 19.3. The van der Waals surface area contributed by atoms with E-state index in [1.807, 2.05) is 0 Å². The van der Waals surface area contributed by atoms with Gasteiger partial charge in [0.1, 0.15) is 11.5 Å². The Morgan fingerprint density at radius 1 is 1.13 bits per heavy atom. The van der Waals surface area contributed by atoms with E-state index in [9.17, 15) is 0 Å². The van der Waals surface area contributed by atoms with Gasteiger partial charge >= 0.3 is 0 Å². The van der Waals surface area contributed by atoms with E-state index in [1.165, 1.54) is 56.2 Å². The molecule has 1 aromatic carbocycles. The van der Waals surface area contributed by atoms with Gasteiger partial charge in [-0.15, -0.1) is 0 Å². The second-order valence-electron chi connectivity index (χ2n) is 10.6. The van der Waals surface area contributed by atoms with Gasteiger partial charge in [0.05, 0.1) is 19.3 Å². The molecule has 1 spiro atoms. The minimum Gasteiger partial charge on any atom is -0.497 e. The van der Waals surface area contributed by atoms with Crippen molar-refractivity contribution in [2.24, 2.45) is 17.8 Å². The van der Waals surface area contributed by atoms with E-state index in [1.54, 1.807) is 7.11 Å². The van der Waals surface area contributed by atoms with Gasteiger partial charge < -0.3 is 9.47 Å². The summed E-state index contributed by atoms with van der Waals surface area (Å²) in [6.07, 6.45) is 12.9. The molecule has 4 bridgehead atoms. The zero-order valence-electron chi connectivity index (χ0n) is 18.7. The Kier molecular flexibility index (Phi) is 4.56. The fraction of sp³-hybridized carbons (Fsp3) is 0.692. The molecule has 5 unspecified atom stereocenters. The van der Waals surface area contributed by atoms with Crippen LogP contribution < -0.4 is 4.74 Å². The van der Waals surface area contributed by atoms with E-state index < -0.39 is 0 Å². The van der Waals surface area contributed by atoms with Gasteiger partial charge in [-0.05, 0) is 80.7 Å². The molecule has 0 aromatic heterocycles. The highest BCUT2D eigenvalue weighted by Crippen LogP contribution is 2.56. The Labute approximate surface area is 181 Å². The molecule has 0 N–H and O–H groups in total. The molecule has 3 aliphatic heterocycles. The smallest absolute Gasteiger partial charge is 0.138 e. The van der Waals surface area contributed by atoms with Crippen molar-refractivity contribution in [2.75, 3.05) is 27.2 Å². The van der Waals surface area contributed by atoms with Crippen LogP contribution in [-0.2, 0) is 4.74 Å². The molecule has 5 atom stereocenters. The molecule has 4 heteroatoms. The summed E-state index contributed by atoms with van der Waals surface area (Å²) in [5.41, 5.74) is 2.52. The number of hydrogen-bond acceptors (Lipinski definition) is 4. The largest absolute Gasteiger partial charge is 0.497 e. The number of ether oxygens (including phenoxy) is 2. The third kappa shape index (κ3) is 2.76. The Balaban J connectivity index is 1.40. The second-order valence-corrected chi connectivity index (χ2v) is 10.6. The Bertz CT molecular complexity index is 839. The highest BCUT2D eigenvalue weighted by molar-refractivity contribution is 5.60. The van der Waals surface area contributed by atoms with Crippen LogP contribution in [0.25, 0.3) is 6.08 Å². The van der Waals surface area contributed by atoms with Crippen LogP contribution in [0.1, 0.15) is 62.6 Å². The average Bonchev–Trinajstić information content (AvgIpc) is 2.87. The predicted molar refractivity (Wildman–Crippen MR) is 119 cm³/mol. The molecule has 1 aromatic rings. The third-order valence-electron chi connectivity index (χ3n) is 8.82. The second kappa shape index (κ2) is 7.08. The number of rotatable bonds is 3. The summed E-state index contributed by atoms with van der Waals surface area (Å²) in [6, 6.07) is 7.46. The lowest BCUT2D eigenvalue weighted by atomic mass is 9.66. The fourth-order valence-corrected chi connectivity index (χ4v) is 7.87. The third-order valence-corrected chi connectivity index (χ3v) is 8.82. The maximum absolute atomic E-state index is 7.30. The predicted octanol–water partition coefficient (Wildman–Crippen LogP) is 4.71. The molecule has 3 saturated heterocycles. The molecule has 6 aliphatic rings. The van der Waals surface area contributed by atoms with E-state index in [-0.39, 0.29) is 17.9 Å². The molecule has 30 heavy (non-hydrogen) atoms. The Morgan fingerprint density at radius 2 is 1.93 bits per heavy atom. The van der Waals surface area contributed by atoms with Crippen LogP contribution in [0.3, 0.4) is 0 Å². The van der Waals surface area contributed by atoms with Crippen LogP contribution in [0.4, 0.5) is 0 Å². The van der Waals surface area contributed by atoms with Crippen LogP contribution in [0.2, 0.25) is 0 Å². The maximum atomic E-state index is 7.30. The highest BCUT2D eigenvalue weighted by atomic mass is 16.5. The summed E-state index contributed by atoms with van der Waals surface area (Å²) < 4.78 is 12.9. The fourth-order valence-electron chi connectivity index (χ4n) is 7.87. The lowest BCUT2D eigenvalue weighted by Crippen LogP contribution is -2.68. The van der Waals surface area contributed by atoms with Gasteiger partial charge in [-0.25, -0.2) is 0 Å². The van der Waals surface area contributed by atoms with Crippen molar-refractivity contribution in [3.8, 4) is 5.75 Å². The molecule has 4 nitrogen and oxygen atoms in total. The lowest BCUT2D eigenvalue weighted by Gasteiger charge is -2.57. The lowest BCUT2D eigenvalue weighted by molar-refractivity contribution is -0.262. The Hall–Kier alpha value is -1.36. The first-order chi connectivity index (χ1) is 14.6. The summed E-state index contributed by atoms with van der Waals surface area (Å²) in [5.74, 6) is 3.45. The number of morpholine rings is 1. The van der Waals surface area contributed by atoms with Crippen molar-refractivity contribution >= 4 is 6.08 Å². The molecule has 2 saturated carbocycles. The van der Waals surface area contributed by atoms with Crippen molar-refractivity contribution in [3.63, 3.8) is 0 Å². The van der Waals surface area contributed by atoms with Crippen molar-refractivity contribution in [1.29, 1.82) is 0 Å². The molecule has 0 radical (unpaired) electrons. The monoisotopic (exact) mass is 408 g/mol. The van der Waals surface area contributed by atoms with Gasteiger partial charge in [-0.1, -0.05) is 25.1 Å². The topological polar surface area (TPSA) is 24.9 Å². The zero-order chi connectivity index (χ0) is 20.5. The first-order valence-corrected chi connectivity index (χ1v) is 12.1. The van der Waals surface area contributed by atoms with Crippen LogP contribution in [0.15, 0.2) is 24.3 Å². The molecular weight excluding hydrogens is 372 g/mol. The molecule has 5 fully saturated rings. The summed E-state index contributed by atoms with van der Waals surface area (Å²) in [4.78, 5) is 5.45. The van der Waals surface area contributed by atoms with E-state index in [0.29, 0.717) is 12.0 Å². The normalized spacial score (nSPS) is 42.2. The molecule has 162 valence electrons. The van der Waals surface area contributed by atoms with Gasteiger partial charge in [-0.3, -0.25) is 9.80 Å². The minimum absolute atomic E-state index is 0.110. The summed E-state index contributed by atoms with van der Waals surface area (Å²) >= 11 is 0. The molecule has 7 rings (SSSR count). The van der Waals surface area contributed by atoms with Crippen molar-refractivity contribution < 1.29 is 9.47 Å². The van der Waals surface area contributed by atoms with Gasteiger partial charge in [0, 0.05) is 25.0 Å². The van der Waals surface area contributed by atoms with Crippen molar-refractivity contribution in [3.05, 3.63) is 35.4 Å². The number of benzene rings is 1. The van der Waals surface area contributed by atoms with Gasteiger partial charge in [0.15, 0.2) is 0 Å². The van der Waals surface area contributed by atoms with Gasteiger partial charge in [0.25, 0.3) is 0 Å². The van der Waals surface area contributed by atoms with Gasteiger partial charge in [-0.2, -0.15) is 0 Å². The SMILES string of the molecule is CCCN1C2CC3CC(C2)CC(C3)C12CN(C)C1c3cc(OC)ccc3C=CC1O2. The van der Waals surface area contributed by atoms with Crippen LogP contribution in [0, 0.1) is 17.8 Å². The van der Waals surface area contributed by atoms with E-state index in [4.69, 9.17) is 9.47 Å². The molecule has 0 amide bonds. The summed E-state index contributed by atoms with van der Waals surface area (Å²) in [7, 11) is 4.08. The zero-order valence-corrected chi connectivity index (χ0v) is 18.7. The van der Waals surface area contributed by atoms with Crippen molar-refractivity contribution in [2.45, 2.75) is 69.4 Å². The quantitative estimate of drug-likeness (QED) is 0.723. The standard InChI is InChI=1S/C26H36N2O2/c1-4-9-28-21-13-17-10-18(14-21)12-20(11-17)26(28)16-27(2)25-23-15-22(29-3)7-5-19(23)6-8-24(25)30-26/h5-8,15,17-18,20-21,24-25H,4,9-14,16H2,1-3H3. The molecule has 3 aliphatic carbocycles. The van der Waals surface area contributed by atoms with E-state index >= 15 is 0 Å². The summed E-state index contributed by atoms with van der Waals surface area (Å²) in [5, 5.41) is 0. The highest BCUT2D eigenvalue weighted by Gasteiger charge is 2.60. The van der Waals surface area contributed by atoms with Crippen LogP contribution >= 0.6 is 0 Å². The van der Waals surface area contributed by atoms with Crippen LogP contribution in [0.5, 0.6) is 5.75 Å². The average molecular weight is 409 g/mol. The number of likely N-dealkylation sites (N-methyl/N-ethyl adjacent to an activating group) is 1. The summed E-state index contributed by atoms with van der Waals surface area (Å²) in [6.45, 7) is 4.51. The number of nitrogens with zero attached hydrogens (tertiary/aromatic N) is 2.